The monoisotopic (exact) mass is 343 g/mol. The van der Waals surface area contributed by atoms with E-state index in [2.05, 4.69) is 0 Å². The highest BCUT2D eigenvalue weighted by Crippen LogP contribution is 2.37. The molecular formula is C17H20F3NO3. The van der Waals surface area contributed by atoms with Gasteiger partial charge in [0, 0.05) is 24.3 Å². The molecule has 1 fully saturated rings. The highest BCUT2D eigenvalue weighted by Gasteiger charge is 2.39. The van der Waals surface area contributed by atoms with Crippen LogP contribution >= 0.6 is 0 Å². The van der Waals surface area contributed by atoms with Crippen molar-refractivity contribution in [1.29, 1.82) is 0 Å². The van der Waals surface area contributed by atoms with Gasteiger partial charge in [-0.2, -0.15) is 13.2 Å². The molecule has 7 heteroatoms. The summed E-state index contributed by atoms with van der Waals surface area (Å²) in [7, 11) is 0. The van der Waals surface area contributed by atoms with Gasteiger partial charge < -0.3 is 9.64 Å². The molecule has 0 N–H and O–H groups in total. The number of carbonyl (C=O) groups is 2. The van der Waals surface area contributed by atoms with Crippen LogP contribution in [-0.2, 0) is 15.7 Å². The van der Waals surface area contributed by atoms with E-state index in [9.17, 15) is 22.8 Å². The number of nitrogens with zero attached hydrogens (tertiary/aromatic N) is 1. The Hall–Kier alpha value is -2.05. The van der Waals surface area contributed by atoms with Crippen molar-refractivity contribution in [3.8, 4) is 0 Å². The molecule has 0 aromatic heterocycles. The summed E-state index contributed by atoms with van der Waals surface area (Å²) in [5, 5.41) is 0. The largest absolute Gasteiger partial charge is 0.466 e. The van der Waals surface area contributed by atoms with Gasteiger partial charge >= 0.3 is 12.1 Å². The fraction of sp³-hybridized carbons (Fsp3) is 0.529. The van der Waals surface area contributed by atoms with Gasteiger partial charge in [0.25, 0.3) is 0 Å². The van der Waals surface area contributed by atoms with Crippen molar-refractivity contribution in [3.05, 3.63) is 29.3 Å². The van der Waals surface area contributed by atoms with E-state index in [1.54, 1.807) is 11.8 Å². The molecular weight excluding hydrogens is 323 g/mol. The number of esters is 1. The van der Waals surface area contributed by atoms with Gasteiger partial charge in [-0.15, -0.1) is 0 Å². The molecule has 1 saturated heterocycles. The summed E-state index contributed by atoms with van der Waals surface area (Å²) in [5.41, 5.74) is -1.14. The van der Waals surface area contributed by atoms with Crippen LogP contribution in [0.4, 0.5) is 18.9 Å². The summed E-state index contributed by atoms with van der Waals surface area (Å²) in [4.78, 5) is 24.7. The molecule has 0 saturated carbocycles. The lowest BCUT2D eigenvalue weighted by molar-refractivity contribution is -0.155. The lowest BCUT2D eigenvalue weighted by Crippen LogP contribution is -2.43. The molecule has 4 nitrogen and oxygen atoms in total. The number of aldehydes is 1. The second kappa shape index (κ2) is 6.83. The molecule has 1 aliphatic rings. The Morgan fingerprint density at radius 3 is 2.42 bits per heavy atom. The first-order chi connectivity index (χ1) is 11.2. The lowest BCUT2D eigenvalue weighted by atomic mass is 9.80. The van der Waals surface area contributed by atoms with Crippen LogP contribution in [0.2, 0.25) is 0 Å². The molecule has 0 amide bonds. The Morgan fingerprint density at radius 2 is 1.92 bits per heavy atom. The Bertz CT molecular complexity index is 620. The average Bonchev–Trinajstić information content (AvgIpc) is 2.54. The Balaban J connectivity index is 2.20. The molecule has 0 bridgehead atoms. The van der Waals surface area contributed by atoms with Crippen LogP contribution in [0.15, 0.2) is 18.2 Å². The van der Waals surface area contributed by atoms with Gasteiger partial charge in [-0.25, -0.2) is 0 Å². The molecule has 24 heavy (non-hydrogen) atoms. The van der Waals surface area contributed by atoms with Crippen molar-refractivity contribution in [2.24, 2.45) is 5.41 Å². The molecule has 1 aromatic carbocycles. The maximum absolute atomic E-state index is 13.0. The lowest BCUT2D eigenvalue weighted by Gasteiger charge is -2.38. The first-order valence-electron chi connectivity index (χ1n) is 7.79. The van der Waals surface area contributed by atoms with Crippen LogP contribution in [0, 0.1) is 5.41 Å². The quantitative estimate of drug-likeness (QED) is 0.618. The van der Waals surface area contributed by atoms with Gasteiger partial charge in [0.15, 0.2) is 0 Å². The van der Waals surface area contributed by atoms with Crippen molar-refractivity contribution in [3.63, 3.8) is 0 Å². The van der Waals surface area contributed by atoms with E-state index in [0.29, 0.717) is 44.5 Å². The van der Waals surface area contributed by atoms with Crippen molar-refractivity contribution >= 4 is 17.9 Å². The Labute approximate surface area is 138 Å². The number of benzene rings is 1. The van der Waals surface area contributed by atoms with Gasteiger partial charge in [-0.3, -0.25) is 9.59 Å². The third kappa shape index (κ3) is 3.88. The molecule has 0 radical (unpaired) electrons. The molecule has 0 unspecified atom stereocenters. The second-order valence-electron chi connectivity index (χ2n) is 6.20. The van der Waals surface area contributed by atoms with Crippen LogP contribution < -0.4 is 4.90 Å². The van der Waals surface area contributed by atoms with Crippen LogP contribution in [0.3, 0.4) is 0 Å². The predicted molar refractivity (Wildman–Crippen MR) is 83.0 cm³/mol. The van der Waals surface area contributed by atoms with E-state index >= 15 is 0 Å². The highest BCUT2D eigenvalue weighted by molar-refractivity contribution is 5.79. The smallest absolute Gasteiger partial charge is 0.416 e. The molecule has 0 atom stereocenters. The summed E-state index contributed by atoms with van der Waals surface area (Å²) in [6, 6.07) is 3.32. The van der Waals surface area contributed by atoms with Gasteiger partial charge in [-0.1, -0.05) is 0 Å². The zero-order valence-corrected chi connectivity index (χ0v) is 13.7. The Morgan fingerprint density at radius 1 is 1.29 bits per heavy atom. The van der Waals surface area contributed by atoms with E-state index in [0.717, 1.165) is 12.1 Å². The fourth-order valence-electron chi connectivity index (χ4n) is 2.82. The summed E-state index contributed by atoms with van der Waals surface area (Å²) in [6.45, 7) is 4.70. The van der Waals surface area contributed by atoms with Gasteiger partial charge in [0.1, 0.15) is 6.29 Å². The van der Waals surface area contributed by atoms with Crippen LogP contribution in [0.25, 0.3) is 0 Å². The highest BCUT2D eigenvalue weighted by atomic mass is 19.4. The van der Waals surface area contributed by atoms with E-state index in [4.69, 9.17) is 4.74 Å². The number of carbonyl (C=O) groups excluding carboxylic acids is 2. The molecule has 2 rings (SSSR count). The van der Waals surface area contributed by atoms with Gasteiger partial charge in [0.2, 0.25) is 0 Å². The van der Waals surface area contributed by atoms with Crippen molar-refractivity contribution in [2.45, 2.75) is 32.9 Å². The third-order valence-corrected chi connectivity index (χ3v) is 4.40. The predicted octanol–water partition coefficient (Wildman–Crippen LogP) is 3.69. The molecule has 132 valence electrons. The number of rotatable bonds is 4. The molecule has 0 aliphatic carbocycles. The zero-order valence-electron chi connectivity index (χ0n) is 13.7. The van der Waals surface area contributed by atoms with Crippen molar-refractivity contribution in [1.82, 2.24) is 0 Å². The number of hydrogen-bond acceptors (Lipinski definition) is 4. The SMILES string of the molecule is CCOC(=O)C1(C)CCN(c2cc(C=O)cc(C(F)(F)F)c2)CC1. The first kappa shape index (κ1) is 18.3. The molecule has 0 spiro atoms. The number of halogens is 3. The fourth-order valence-corrected chi connectivity index (χ4v) is 2.82. The average molecular weight is 343 g/mol. The summed E-state index contributed by atoms with van der Waals surface area (Å²) in [5.74, 6) is -0.276. The number of alkyl halides is 3. The molecule has 1 aromatic rings. The normalized spacial score (nSPS) is 17.5. The third-order valence-electron chi connectivity index (χ3n) is 4.40. The summed E-state index contributed by atoms with van der Waals surface area (Å²) in [6.07, 6.45) is -3.13. The molecule has 1 aliphatic heterocycles. The number of ether oxygens (including phenoxy) is 1. The summed E-state index contributed by atoms with van der Waals surface area (Å²) >= 11 is 0. The van der Waals surface area contributed by atoms with E-state index < -0.39 is 17.2 Å². The number of hydrogen-bond donors (Lipinski definition) is 0. The molecule has 1 heterocycles. The topological polar surface area (TPSA) is 46.6 Å². The van der Waals surface area contributed by atoms with Crippen molar-refractivity contribution in [2.75, 3.05) is 24.6 Å². The van der Waals surface area contributed by atoms with Crippen molar-refractivity contribution < 1.29 is 27.5 Å². The first-order valence-corrected chi connectivity index (χ1v) is 7.79. The number of piperidine rings is 1. The Kier molecular flexibility index (Phi) is 5.20. The van der Waals surface area contributed by atoms with Crippen LogP contribution in [0.5, 0.6) is 0 Å². The standard InChI is InChI=1S/C17H20F3NO3/c1-3-24-15(23)16(2)4-6-21(7-5-16)14-9-12(11-22)8-13(10-14)17(18,19)20/h8-11H,3-7H2,1-2H3. The minimum atomic E-state index is -4.51. The van der Waals surface area contributed by atoms with E-state index in [-0.39, 0.29) is 11.5 Å². The maximum Gasteiger partial charge on any atom is 0.416 e. The maximum atomic E-state index is 13.0. The van der Waals surface area contributed by atoms with Gasteiger partial charge in [0.05, 0.1) is 17.6 Å². The minimum Gasteiger partial charge on any atom is -0.466 e. The van der Waals surface area contributed by atoms with Crippen LogP contribution in [0.1, 0.15) is 42.6 Å². The second-order valence-corrected chi connectivity index (χ2v) is 6.20. The zero-order chi connectivity index (χ0) is 18.0. The van der Waals surface area contributed by atoms with E-state index in [1.165, 1.54) is 6.07 Å². The van der Waals surface area contributed by atoms with E-state index in [1.807, 2.05) is 6.92 Å². The van der Waals surface area contributed by atoms with Gasteiger partial charge in [-0.05, 0) is 44.9 Å². The van der Waals surface area contributed by atoms with Crippen LogP contribution in [-0.4, -0.2) is 32.0 Å². The minimum absolute atomic E-state index is 0.0152. The summed E-state index contributed by atoms with van der Waals surface area (Å²) < 4.78 is 44.0. The number of anilines is 1.